The van der Waals surface area contributed by atoms with Gasteiger partial charge in [0.25, 0.3) is 5.56 Å². The summed E-state index contributed by atoms with van der Waals surface area (Å²) in [5.74, 6) is -0.124. The summed E-state index contributed by atoms with van der Waals surface area (Å²) in [5.41, 5.74) is 0.440. The number of esters is 1. The van der Waals surface area contributed by atoms with E-state index in [1.807, 2.05) is 0 Å². The van der Waals surface area contributed by atoms with E-state index in [2.05, 4.69) is 4.98 Å². The van der Waals surface area contributed by atoms with Gasteiger partial charge in [-0.05, 0) is 30.3 Å². The highest BCUT2D eigenvalue weighted by molar-refractivity contribution is 6.30. The fraction of sp³-hybridized carbons (Fsp3) is 0.118. The van der Waals surface area contributed by atoms with Crippen LogP contribution in [0.4, 0.5) is 0 Å². The van der Waals surface area contributed by atoms with Crippen LogP contribution in [0.15, 0.2) is 53.5 Å². The first-order valence-corrected chi connectivity index (χ1v) is 7.99. The molecule has 25 heavy (non-hydrogen) atoms. The largest absolute Gasteiger partial charge is 0.482 e. The molecule has 0 aliphatic heterocycles. The van der Waals surface area contributed by atoms with Gasteiger partial charge in [0.15, 0.2) is 6.61 Å². The number of pyridine rings is 1. The molecule has 0 bridgehead atoms. The Hall–Kier alpha value is -2.57. The Morgan fingerprint density at radius 3 is 2.76 bits per heavy atom. The molecule has 0 N–H and O–H groups in total. The van der Waals surface area contributed by atoms with Gasteiger partial charge in [-0.25, -0.2) is 9.78 Å². The van der Waals surface area contributed by atoms with Crippen LogP contribution < -0.4 is 10.3 Å². The molecule has 0 aliphatic carbocycles. The number of nitrogens with zero attached hydrogens (tertiary/aromatic N) is 2. The van der Waals surface area contributed by atoms with Crippen LogP contribution in [0, 0.1) is 0 Å². The quantitative estimate of drug-likeness (QED) is 0.637. The zero-order valence-corrected chi connectivity index (χ0v) is 14.3. The van der Waals surface area contributed by atoms with Gasteiger partial charge in [0, 0.05) is 17.3 Å². The van der Waals surface area contributed by atoms with E-state index in [0.29, 0.717) is 27.1 Å². The Bertz CT molecular complexity index is 988. The summed E-state index contributed by atoms with van der Waals surface area (Å²) in [6.07, 6.45) is 1.47. The van der Waals surface area contributed by atoms with Gasteiger partial charge in [0.2, 0.25) is 0 Å². The van der Waals surface area contributed by atoms with Crippen LogP contribution in [-0.4, -0.2) is 22.0 Å². The van der Waals surface area contributed by atoms with E-state index in [0.717, 1.165) is 0 Å². The molecule has 2 aromatic heterocycles. The summed E-state index contributed by atoms with van der Waals surface area (Å²) < 4.78 is 11.7. The Morgan fingerprint density at radius 1 is 1.12 bits per heavy atom. The highest BCUT2D eigenvalue weighted by atomic mass is 35.5. The maximum Gasteiger partial charge on any atom is 0.344 e. The van der Waals surface area contributed by atoms with Crippen LogP contribution in [-0.2, 0) is 16.1 Å². The summed E-state index contributed by atoms with van der Waals surface area (Å²) in [6, 6.07) is 11.2. The second kappa shape index (κ2) is 7.55. The van der Waals surface area contributed by atoms with Crippen LogP contribution in [0.2, 0.25) is 10.0 Å². The third-order valence-corrected chi connectivity index (χ3v) is 3.67. The first-order valence-electron chi connectivity index (χ1n) is 7.23. The van der Waals surface area contributed by atoms with Gasteiger partial charge in [-0.3, -0.25) is 9.20 Å². The third kappa shape index (κ3) is 4.49. The SMILES string of the molecule is O=C(COc1cccc(Cl)c1)OCc1cc(=O)n2cc(Cl)ccc2n1. The summed E-state index contributed by atoms with van der Waals surface area (Å²) in [7, 11) is 0. The highest BCUT2D eigenvalue weighted by Crippen LogP contribution is 2.17. The lowest BCUT2D eigenvalue weighted by Crippen LogP contribution is -2.18. The van der Waals surface area contributed by atoms with E-state index in [-0.39, 0.29) is 18.8 Å². The molecule has 3 aromatic rings. The summed E-state index contributed by atoms with van der Waals surface area (Å²) >= 11 is 11.7. The summed E-state index contributed by atoms with van der Waals surface area (Å²) in [4.78, 5) is 28.0. The predicted octanol–water partition coefficient (Wildman–Crippen LogP) is 3.12. The summed E-state index contributed by atoms with van der Waals surface area (Å²) in [6.45, 7) is -0.408. The lowest BCUT2D eigenvalue weighted by atomic mass is 10.3. The molecule has 8 heteroatoms. The molecular weight excluding hydrogens is 367 g/mol. The van der Waals surface area contributed by atoms with Crippen LogP contribution >= 0.6 is 23.2 Å². The van der Waals surface area contributed by atoms with Gasteiger partial charge >= 0.3 is 5.97 Å². The standard InChI is InChI=1S/C17H12Cl2N2O4/c18-11-2-1-3-14(6-11)24-10-17(23)25-9-13-7-16(22)21-8-12(19)4-5-15(21)20-13/h1-8H,9-10H2. The molecule has 0 spiro atoms. The minimum absolute atomic E-state index is 0.133. The van der Waals surface area contributed by atoms with Crippen molar-refractivity contribution in [2.45, 2.75) is 6.61 Å². The molecular formula is C17H12Cl2N2O4. The number of benzene rings is 1. The molecule has 2 heterocycles. The Balaban J connectivity index is 1.61. The van der Waals surface area contributed by atoms with Crippen molar-refractivity contribution in [2.75, 3.05) is 6.61 Å². The molecule has 3 rings (SSSR count). The van der Waals surface area contributed by atoms with E-state index in [4.69, 9.17) is 32.7 Å². The molecule has 0 amide bonds. The number of hydrogen-bond acceptors (Lipinski definition) is 5. The van der Waals surface area contributed by atoms with Gasteiger partial charge in [0.05, 0.1) is 10.7 Å². The molecule has 0 aliphatic rings. The normalized spacial score (nSPS) is 10.6. The number of rotatable bonds is 5. The van der Waals surface area contributed by atoms with E-state index < -0.39 is 5.97 Å². The van der Waals surface area contributed by atoms with Crippen molar-refractivity contribution in [1.29, 1.82) is 0 Å². The highest BCUT2D eigenvalue weighted by Gasteiger charge is 2.08. The smallest absolute Gasteiger partial charge is 0.344 e. The molecule has 0 fully saturated rings. The number of carbonyl (C=O) groups is 1. The minimum Gasteiger partial charge on any atom is -0.482 e. The van der Waals surface area contributed by atoms with E-state index in [1.54, 1.807) is 36.4 Å². The number of halogens is 2. The van der Waals surface area contributed by atoms with Crippen molar-refractivity contribution in [3.8, 4) is 5.75 Å². The lowest BCUT2D eigenvalue weighted by Gasteiger charge is -2.08. The molecule has 1 aromatic carbocycles. The van der Waals surface area contributed by atoms with Gasteiger partial charge < -0.3 is 9.47 Å². The van der Waals surface area contributed by atoms with Crippen molar-refractivity contribution in [1.82, 2.24) is 9.38 Å². The summed E-state index contributed by atoms with van der Waals surface area (Å²) in [5, 5.41) is 0.931. The van der Waals surface area contributed by atoms with Crippen LogP contribution in [0.1, 0.15) is 5.69 Å². The first-order chi connectivity index (χ1) is 12.0. The molecule has 128 valence electrons. The van der Waals surface area contributed by atoms with Crippen molar-refractivity contribution in [3.63, 3.8) is 0 Å². The fourth-order valence-corrected chi connectivity index (χ4v) is 2.44. The molecule has 0 saturated heterocycles. The lowest BCUT2D eigenvalue weighted by molar-refractivity contribution is -0.147. The van der Waals surface area contributed by atoms with Crippen molar-refractivity contribution >= 4 is 34.8 Å². The Kier molecular flexibility index (Phi) is 5.21. The average Bonchev–Trinajstić information content (AvgIpc) is 2.59. The van der Waals surface area contributed by atoms with Crippen LogP contribution in [0.5, 0.6) is 5.75 Å². The first kappa shape index (κ1) is 17.3. The van der Waals surface area contributed by atoms with Gasteiger partial charge in [-0.1, -0.05) is 29.3 Å². The number of hydrogen-bond donors (Lipinski definition) is 0. The molecule has 0 radical (unpaired) electrons. The van der Waals surface area contributed by atoms with E-state index in [1.165, 1.54) is 16.7 Å². The predicted molar refractivity (Wildman–Crippen MR) is 93.2 cm³/mol. The Labute approximate surface area is 152 Å². The number of ether oxygens (including phenoxy) is 2. The maximum atomic E-state index is 12.0. The zero-order valence-electron chi connectivity index (χ0n) is 12.8. The number of fused-ring (bicyclic) bond motifs is 1. The van der Waals surface area contributed by atoms with Crippen LogP contribution in [0.25, 0.3) is 5.65 Å². The van der Waals surface area contributed by atoms with E-state index >= 15 is 0 Å². The molecule has 0 atom stereocenters. The third-order valence-electron chi connectivity index (χ3n) is 3.21. The molecule has 0 saturated carbocycles. The van der Waals surface area contributed by atoms with Crippen molar-refractivity contribution < 1.29 is 14.3 Å². The second-order valence-corrected chi connectivity index (χ2v) is 5.94. The molecule has 6 nitrogen and oxygen atoms in total. The van der Waals surface area contributed by atoms with Crippen molar-refractivity contribution in [3.05, 3.63) is 74.8 Å². The monoisotopic (exact) mass is 378 g/mol. The van der Waals surface area contributed by atoms with Crippen LogP contribution in [0.3, 0.4) is 0 Å². The topological polar surface area (TPSA) is 69.9 Å². The second-order valence-electron chi connectivity index (χ2n) is 5.07. The van der Waals surface area contributed by atoms with Gasteiger partial charge in [-0.15, -0.1) is 0 Å². The Morgan fingerprint density at radius 2 is 1.96 bits per heavy atom. The number of carbonyl (C=O) groups excluding carboxylic acids is 1. The van der Waals surface area contributed by atoms with Gasteiger partial charge in [0.1, 0.15) is 18.0 Å². The fourth-order valence-electron chi connectivity index (χ4n) is 2.10. The van der Waals surface area contributed by atoms with Crippen molar-refractivity contribution in [2.24, 2.45) is 0 Å². The average molecular weight is 379 g/mol. The zero-order chi connectivity index (χ0) is 17.8. The van der Waals surface area contributed by atoms with Gasteiger partial charge in [-0.2, -0.15) is 0 Å². The number of aromatic nitrogens is 2. The molecule has 0 unspecified atom stereocenters. The maximum absolute atomic E-state index is 12.0. The minimum atomic E-state index is -0.585. The van der Waals surface area contributed by atoms with E-state index in [9.17, 15) is 9.59 Å².